The standard InChI is InChI=1S/C15H26FN3O/c1-12(11-19(3)8-5-9-20-4)15(17-2)14-7-6-13(16)10-18-14/h6-7,10,12,15,17H,5,8-9,11H2,1-4H3. The van der Waals surface area contributed by atoms with E-state index in [4.69, 9.17) is 4.74 Å². The third-order valence-electron chi connectivity index (χ3n) is 3.44. The summed E-state index contributed by atoms with van der Waals surface area (Å²) < 4.78 is 18.0. The van der Waals surface area contributed by atoms with E-state index in [1.54, 1.807) is 13.2 Å². The molecule has 0 spiro atoms. The van der Waals surface area contributed by atoms with Crippen LogP contribution in [0.15, 0.2) is 18.3 Å². The normalized spacial score (nSPS) is 14.5. The number of aromatic nitrogens is 1. The van der Waals surface area contributed by atoms with Crippen molar-refractivity contribution >= 4 is 0 Å². The molecule has 0 bridgehead atoms. The highest BCUT2D eigenvalue weighted by molar-refractivity contribution is 5.10. The summed E-state index contributed by atoms with van der Waals surface area (Å²) in [5.41, 5.74) is 0.881. The molecule has 2 unspecified atom stereocenters. The van der Waals surface area contributed by atoms with Crippen LogP contribution in [0.25, 0.3) is 0 Å². The quantitative estimate of drug-likeness (QED) is 0.704. The van der Waals surface area contributed by atoms with Crippen molar-refractivity contribution in [1.82, 2.24) is 15.2 Å². The molecule has 1 aromatic rings. The van der Waals surface area contributed by atoms with Gasteiger partial charge in [0.25, 0.3) is 0 Å². The van der Waals surface area contributed by atoms with Gasteiger partial charge in [0.1, 0.15) is 5.82 Å². The minimum atomic E-state index is -0.298. The first-order valence-electron chi connectivity index (χ1n) is 7.04. The lowest BCUT2D eigenvalue weighted by Crippen LogP contribution is -2.34. The van der Waals surface area contributed by atoms with Crippen LogP contribution in [0.3, 0.4) is 0 Å². The summed E-state index contributed by atoms with van der Waals surface area (Å²) in [6.07, 6.45) is 2.30. The van der Waals surface area contributed by atoms with Gasteiger partial charge in [-0.15, -0.1) is 0 Å². The first kappa shape index (κ1) is 17.0. The predicted molar refractivity (Wildman–Crippen MR) is 79.1 cm³/mol. The number of halogens is 1. The molecule has 114 valence electrons. The van der Waals surface area contributed by atoms with Gasteiger partial charge in [0.2, 0.25) is 0 Å². The fraction of sp³-hybridized carbons (Fsp3) is 0.667. The lowest BCUT2D eigenvalue weighted by atomic mass is 9.98. The summed E-state index contributed by atoms with van der Waals surface area (Å²) in [7, 11) is 5.74. The van der Waals surface area contributed by atoms with E-state index in [9.17, 15) is 4.39 Å². The van der Waals surface area contributed by atoms with Crippen molar-refractivity contribution in [3.8, 4) is 0 Å². The van der Waals surface area contributed by atoms with E-state index in [1.165, 1.54) is 12.3 Å². The molecule has 5 heteroatoms. The van der Waals surface area contributed by atoms with Gasteiger partial charge < -0.3 is 15.0 Å². The molecule has 1 N–H and O–H groups in total. The Kier molecular flexibility index (Phi) is 7.65. The van der Waals surface area contributed by atoms with Crippen molar-refractivity contribution < 1.29 is 9.13 Å². The van der Waals surface area contributed by atoms with Crippen molar-refractivity contribution in [2.45, 2.75) is 19.4 Å². The van der Waals surface area contributed by atoms with Gasteiger partial charge in [0.15, 0.2) is 0 Å². The van der Waals surface area contributed by atoms with Crippen LogP contribution in [0, 0.1) is 11.7 Å². The minimum absolute atomic E-state index is 0.125. The summed E-state index contributed by atoms with van der Waals surface area (Å²) in [6, 6.07) is 3.33. The fourth-order valence-corrected chi connectivity index (χ4v) is 2.46. The van der Waals surface area contributed by atoms with Crippen molar-refractivity contribution in [1.29, 1.82) is 0 Å². The Labute approximate surface area is 121 Å². The van der Waals surface area contributed by atoms with E-state index < -0.39 is 0 Å². The molecule has 0 aliphatic heterocycles. The molecule has 0 radical (unpaired) electrons. The zero-order chi connectivity index (χ0) is 15.0. The van der Waals surface area contributed by atoms with Crippen LogP contribution in [0.4, 0.5) is 4.39 Å². The van der Waals surface area contributed by atoms with E-state index in [-0.39, 0.29) is 11.9 Å². The molecule has 0 saturated heterocycles. The molecule has 0 aliphatic rings. The highest BCUT2D eigenvalue weighted by atomic mass is 19.1. The Bertz CT molecular complexity index is 372. The maximum absolute atomic E-state index is 12.9. The van der Waals surface area contributed by atoms with E-state index in [0.717, 1.165) is 31.8 Å². The number of ether oxygens (including phenoxy) is 1. The summed E-state index contributed by atoms with van der Waals surface area (Å²) >= 11 is 0. The third-order valence-corrected chi connectivity index (χ3v) is 3.44. The van der Waals surface area contributed by atoms with Gasteiger partial charge in [-0.2, -0.15) is 0 Å². The average Bonchev–Trinajstić information content (AvgIpc) is 2.42. The number of methoxy groups -OCH3 is 1. The maximum atomic E-state index is 12.9. The Balaban J connectivity index is 2.54. The lowest BCUT2D eigenvalue weighted by Gasteiger charge is -2.27. The van der Waals surface area contributed by atoms with Gasteiger partial charge >= 0.3 is 0 Å². The number of hydrogen-bond donors (Lipinski definition) is 1. The Morgan fingerprint density at radius 3 is 2.75 bits per heavy atom. The predicted octanol–water partition coefficient (Wildman–Crippen LogP) is 2.09. The Hall–Kier alpha value is -1.04. The molecule has 1 heterocycles. The van der Waals surface area contributed by atoms with Crippen molar-refractivity contribution in [3.63, 3.8) is 0 Å². The first-order chi connectivity index (χ1) is 9.58. The molecule has 20 heavy (non-hydrogen) atoms. The largest absolute Gasteiger partial charge is 0.385 e. The zero-order valence-corrected chi connectivity index (χ0v) is 12.9. The molecular weight excluding hydrogens is 257 g/mol. The molecule has 4 nitrogen and oxygen atoms in total. The second kappa shape index (κ2) is 9.00. The first-order valence-corrected chi connectivity index (χ1v) is 7.04. The van der Waals surface area contributed by atoms with Crippen LogP contribution in [0.2, 0.25) is 0 Å². The molecular formula is C15H26FN3O. The smallest absolute Gasteiger partial charge is 0.141 e. The molecule has 0 fully saturated rings. The summed E-state index contributed by atoms with van der Waals surface area (Å²) in [5.74, 6) is 0.0819. The molecule has 2 atom stereocenters. The highest BCUT2D eigenvalue weighted by Crippen LogP contribution is 2.20. The SMILES string of the molecule is CNC(c1ccc(F)cn1)C(C)CN(C)CCCOC. The lowest BCUT2D eigenvalue weighted by molar-refractivity contribution is 0.171. The van der Waals surface area contributed by atoms with Crippen LogP contribution in [-0.2, 0) is 4.74 Å². The van der Waals surface area contributed by atoms with E-state index >= 15 is 0 Å². The number of nitrogens with one attached hydrogen (secondary N) is 1. The summed E-state index contributed by atoms with van der Waals surface area (Å²) in [5, 5.41) is 3.27. The highest BCUT2D eigenvalue weighted by Gasteiger charge is 2.20. The van der Waals surface area contributed by atoms with Crippen LogP contribution >= 0.6 is 0 Å². The van der Waals surface area contributed by atoms with Gasteiger partial charge in [-0.25, -0.2) is 4.39 Å². The van der Waals surface area contributed by atoms with E-state index in [2.05, 4.69) is 29.2 Å². The third kappa shape index (κ3) is 5.53. The summed E-state index contributed by atoms with van der Waals surface area (Å²) in [6.45, 7) is 4.92. The molecule has 0 amide bonds. The van der Waals surface area contributed by atoms with Crippen molar-refractivity contribution in [2.75, 3.05) is 40.9 Å². The van der Waals surface area contributed by atoms with Crippen LogP contribution in [0.5, 0.6) is 0 Å². The van der Waals surface area contributed by atoms with Crippen molar-refractivity contribution in [2.24, 2.45) is 5.92 Å². The fourth-order valence-electron chi connectivity index (χ4n) is 2.46. The van der Waals surface area contributed by atoms with Crippen LogP contribution in [0.1, 0.15) is 25.1 Å². The molecule has 1 rings (SSSR count). The van der Waals surface area contributed by atoms with Gasteiger partial charge in [-0.05, 0) is 38.6 Å². The number of hydrogen-bond acceptors (Lipinski definition) is 4. The van der Waals surface area contributed by atoms with E-state index in [0.29, 0.717) is 5.92 Å². The number of rotatable bonds is 9. The van der Waals surface area contributed by atoms with Gasteiger partial charge in [0, 0.05) is 26.8 Å². The molecule has 0 aliphatic carbocycles. The zero-order valence-electron chi connectivity index (χ0n) is 12.9. The Morgan fingerprint density at radius 1 is 1.45 bits per heavy atom. The second-order valence-corrected chi connectivity index (χ2v) is 5.25. The van der Waals surface area contributed by atoms with Gasteiger partial charge in [0.05, 0.1) is 17.9 Å². The van der Waals surface area contributed by atoms with Crippen molar-refractivity contribution in [3.05, 3.63) is 29.8 Å². The Morgan fingerprint density at radius 2 is 2.20 bits per heavy atom. The van der Waals surface area contributed by atoms with Gasteiger partial charge in [-0.1, -0.05) is 6.92 Å². The number of pyridine rings is 1. The minimum Gasteiger partial charge on any atom is -0.385 e. The molecule has 0 aromatic carbocycles. The second-order valence-electron chi connectivity index (χ2n) is 5.25. The van der Waals surface area contributed by atoms with E-state index in [1.807, 2.05) is 7.05 Å². The topological polar surface area (TPSA) is 37.4 Å². The summed E-state index contributed by atoms with van der Waals surface area (Å²) in [4.78, 5) is 6.47. The maximum Gasteiger partial charge on any atom is 0.141 e. The number of nitrogens with zero attached hydrogens (tertiary/aromatic N) is 2. The monoisotopic (exact) mass is 283 g/mol. The van der Waals surface area contributed by atoms with Gasteiger partial charge in [-0.3, -0.25) is 4.98 Å². The van der Waals surface area contributed by atoms with Crippen LogP contribution < -0.4 is 5.32 Å². The molecule has 1 aromatic heterocycles. The average molecular weight is 283 g/mol. The van der Waals surface area contributed by atoms with Crippen LogP contribution in [-0.4, -0.2) is 50.8 Å². The molecule has 0 saturated carbocycles.